The fraction of sp³-hybridized carbons (Fsp3) is 0.333. The van der Waals surface area contributed by atoms with Gasteiger partial charge in [0.25, 0.3) is 11.5 Å². The molecule has 0 spiro atoms. The van der Waals surface area contributed by atoms with Gasteiger partial charge in [0, 0.05) is 25.6 Å². The first-order valence-electron chi connectivity index (χ1n) is 8.11. The van der Waals surface area contributed by atoms with Gasteiger partial charge < -0.3 is 19.5 Å². The highest BCUT2D eigenvalue weighted by Crippen LogP contribution is 2.38. The zero-order valence-electron chi connectivity index (χ0n) is 15.2. The van der Waals surface area contributed by atoms with Crippen LogP contribution in [0.3, 0.4) is 0 Å². The lowest BCUT2D eigenvalue weighted by atomic mass is 10.0. The number of nitro groups is 1. The van der Waals surface area contributed by atoms with Gasteiger partial charge in [-0.05, 0) is 26.0 Å². The average Bonchev–Trinajstić information content (AvgIpc) is 2.51. The Morgan fingerprint density at radius 1 is 1.07 bits per heavy atom. The number of fused-ring (bicyclic) bond motifs is 1. The molecule has 0 atom stereocenters. The van der Waals surface area contributed by atoms with Gasteiger partial charge in [0.2, 0.25) is 0 Å². The van der Waals surface area contributed by atoms with Gasteiger partial charge in [0.05, 0.1) is 11.0 Å². The maximum absolute atomic E-state index is 12.0. The number of ether oxygens (including phenoxy) is 3. The van der Waals surface area contributed by atoms with Gasteiger partial charge in [-0.1, -0.05) is 6.08 Å². The number of nitrogens with one attached hydrogen (secondary N) is 1. The third-order valence-electron chi connectivity index (χ3n) is 3.85. The standard InChI is InChI=1S/C18H18N2O7/c1-17(2)6-5-10-7-12(13(20(23)24)8-14(10)25-17)19-9-11-15(21)26-18(3,4)27-16(11)22/h5-9,19H,1-4H3. The summed E-state index contributed by atoms with van der Waals surface area (Å²) in [6.45, 7) is 6.51. The number of hydrogen-bond donors (Lipinski definition) is 1. The molecule has 1 N–H and O–H groups in total. The lowest BCUT2D eigenvalue weighted by Gasteiger charge is -2.29. The molecule has 2 aliphatic rings. The minimum Gasteiger partial charge on any atom is -0.483 e. The molecule has 3 rings (SSSR count). The van der Waals surface area contributed by atoms with Crippen LogP contribution >= 0.6 is 0 Å². The van der Waals surface area contributed by atoms with Crippen molar-refractivity contribution in [3.05, 3.63) is 45.7 Å². The summed E-state index contributed by atoms with van der Waals surface area (Å²) in [4.78, 5) is 34.8. The molecule has 0 aliphatic carbocycles. The molecular weight excluding hydrogens is 356 g/mol. The normalized spacial score (nSPS) is 19.3. The number of nitrogens with zero attached hydrogens (tertiary/aromatic N) is 1. The molecule has 0 bridgehead atoms. The van der Waals surface area contributed by atoms with Gasteiger partial charge in [-0.25, -0.2) is 9.59 Å². The second-order valence-electron chi connectivity index (χ2n) is 7.08. The number of nitro benzene ring substituents is 1. The number of rotatable bonds is 3. The molecule has 2 heterocycles. The quantitative estimate of drug-likeness (QED) is 0.282. The van der Waals surface area contributed by atoms with E-state index < -0.39 is 33.8 Å². The molecule has 9 heteroatoms. The van der Waals surface area contributed by atoms with Gasteiger partial charge in [-0.15, -0.1) is 0 Å². The smallest absolute Gasteiger partial charge is 0.350 e. The Bertz CT molecular complexity index is 891. The van der Waals surface area contributed by atoms with Gasteiger partial charge in [-0.2, -0.15) is 0 Å². The third kappa shape index (κ3) is 3.76. The summed E-state index contributed by atoms with van der Waals surface area (Å²) in [5, 5.41) is 14.1. The molecule has 9 nitrogen and oxygen atoms in total. The lowest BCUT2D eigenvalue weighted by Crippen LogP contribution is -2.42. The van der Waals surface area contributed by atoms with E-state index >= 15 is 0 Å². The van der Waals surface area contributed by atoms with Crippen molar-refractivity contribution in [2.75, 3.05) is 5.32 Å². The molecule has 1 aromatic rings. The maximum Gasteiger partial charge on any atom is 0.350 e. The summed E-state index contributed by atoms with van der Waals surface area (Å²) in [5.41, 5.74) is -0.538. The molecular formula is C18H18N2O7. The van der Waals surface area contributed by atoms with E-state index in [9.17, 15) is 19.7 Å². The minimum absolute atomic E-state index is 0.0876. The average molecular weight is 374 g/mol. The summed E-state index contributed by atoms with van der Waals surface area (Å²) in [7, 11) is 0. The van der Waals surface area contributed by atoms with Crippen LogP contribution in [0.1, 0.15) is 33.3 Å². The molecule has 1 fully saturated rings. The van der Waals surface area contributed by atoms with Crippen LogP contribution in [-0.4, -0.2) is 28.3 Å². The fourth-order valence-corrected chi connectivity index (χ4v) is 2.61. The van der Waals surface area contributed by atoms with Gasteiger partial charge in [0.15, 0.2) is 5.57 Å². The first kappa shape index (κ1) is 18.4. The summed E-state index contributed by atoms with van der Waals surface area (Å²) < 4.78 is 15.7. The Balaban J connectivity index is 1.94. The van der Waals surface area contributed by atoms with Crippen molar-refractivity contribution in [2.24, 2.45) is 0 Å². The number of hydrogen-bond acceptors (Lipinski definition) is 8. The van der Waals surface area contributed by atoms with Gasteiger partial charge >= 0.3 is 11.9 Å². The van der Waals surface area contributed by atoms with E-state index in [2.05, 4.69) is 5.32 Å². The van der Waals surface area contributed by atoms with Crippen LogP contribution in [0.15, 0.2) is 30.0 Å². The summed E-state index contributed by atoms with van der Waals surface area (Å²) >= 11 is 0. The minimum atomic E-state index is -1.36. The van der Waals surface area contributed by atoms with E-state index in [1.54, 1.807) is 6.08 Å². The van der Waals surface area contributed by atoms with Crippen molar-refractivity contribution in [3.8, 4) is 5.75 Å². The molecule has 142 valence electrons. The predicted molar refractivity (Wildman–Crippen MR) is 94.8 cm³/mol. The van der Waals surface area contributed by atoms with E-state index in [0.29, 0.717) is 11.3 Å². The largest absolute Gasteiger partial charge is 0.483 e. The Morgan fingerprint density at radius 3 is 2.30 bits per heavy atom. The van der Waals surface area contributed by atoms with Crippen molar-refractivity contribution >= 4 is 29.4 Å². The molecule has 2 aliphatic heterocycles. The van der Waals surface area contributed by atoms with E-state index in [4.69, 9.17) is 14.2 Å². The van der Waals surface area contributed by atoms with Crippen molar-refractivity contribution in [2.45, 2.75) is 39.1 Å². The zero-order chi connectivity index (χ0) is 20.0. The van der Waals surface area contributed by atoms with Crippen molar-refractivity contribution in [1.29, 1.82) is 0 Å². The summed E-state index contributed by atoms with van der Waals surface area (Å²) in [6, 6.07) is 2.79. The lowest BCUT2D eigenvalue weighted by molar-refractivity contribution is -0.384. The predicted octanol–water partition coefficient (Wildman–Crippen LogP) is 2.91. The highest BCUT2D eigenvalue weighted by atomic mass is 16.7. The topological polar surface area (TPSA) is 117 Å². The molecule has 0 unspecified atom stereocenters. The molecule has 27 heavy (non-hydrogen) atoms. The molecule has 0 aromatic heterocycles. The first-order chi connectivity index (χ1) is 12.5. The third-order valence-corrected chi connectivity index (χ3v) is 3.85. The Morgan fingerprint density at radius 2 is 1.70 bits per heavy atom. The van der Waals surface area contributed by atoms with E-state index in [0.717, 1.165) is 6.20 Å². The van der Waals surface area contributed by atoms with Crippen LogP contribution in [0.25, 0.3) is 6.08 Å². The van der Waals surface area contributed by atoms with Crippen molar-refractivity contribution in [3.63, 3.8) is 0 Å². The molecule has 0 saturated carbocycles. The van der Waals surface area contributed by atoms with Gasteiger partial charge in [0.1, 0.15) is 17.0 Å². The van der Waals surface area contributed by atoms with E-state index in [-0.39, 0.29) is 11.4 Å². The van der Waals surface area contributed by atoms with Crippen LogP contribution in [-0.2, 0) is 19.1 Å². The highest BCUT2D eigenvalue weighted by molar-refractivity contribution is 6.15. The van der Waals surface area contributed by atoms with Crippen molar-refractivity contribution in [1.82, 2.24) is 0 Å². The number of carbonyl (C=O) groups is 2. The number of cyclic esters (lactones) is 2. The van der Waals surface area contributed by atoms with Crippen LogP contribution in [0.5, 0.6) is 5.75 Å². The van der Waals surface area contributed by atoms with Crippen LogP contribution < -0.4 is 10.1 Å². The first-order valence-corrected chi connectivity index (χ1v) is 8.11. The molecule has 0 amide bonds. The Labute approximate surface area is 154 Å². The second kappa shape index (κ2) is 6.11. The molecule has 0 radical (unpaired) electrons. The Kier molecular flexibility index (Phi) is 4.17. The van der Waals surface area contributed by atoms with E-state index in [1.807, 2.05) is 19.9 Å². The number of esters is 2. The number of carbonyl (C=O) groups excluding carboxylic acids is 2. The van der Waals surface area contributed by atoms with Crippen LogP contribution in [0.4, 0.5) is 11.4 Å². The molecule has 1 aromatic carbocycles. The maximum atomic E-state index is 12.0. The Hall–Kier alpha value is -3.36. The van der Waals surface area contributed by atoms with Crippen LogP contribution in [0, 0.1) is 10.1 Å². The highest BCUT2D eigenvalue weighted by Gasteiger charge is 2.39. The van der Waals surface area contributed by atoms with E-state index in [1.165, 1.54) is 26.0 Å². The monoisotopic (exact) mass is 374 g/mol. The SMILES string of the molecule is CC1(C)C=Cc2cc(NC=C3C(=O)OC(C)(C)OC3=O)c([N+](=O)[O-])cc2O1. The summed E-state index contributed by atoms with van der Waals surface area (Å²) in [5.74, 6) is -2.76. The fourth-order valence-electron chi connectivity index (χ4n) is 2.61. The zero-order valence-corrected chi connectivity index (χ0v) is 15.2. The number of benzene rings is 1. The molecule has 1 saturated heterocycles. The van der Waals surface area contributed by atoms with Crippen molar-refractivity contribution < 1.29 is 28.7 Å². The number of anilines is 1. The summed E-state index contributed by atoms with van der Waals surface area (Å²) in [6.07, 6.45) is 4.64. The second-order valence-corrected chi connectivity index (χ2v) is 7.08. The van der Waals surface area contributed by atoms with Crippen LogP contribution in [0.2, 0.25) is 0 Å². The van der Waals surface area contributed by atoms with Gasteiger partial charge in [-0.3, -0.25) is 10.1 Å².